The number of halogens is 1. The van der Waals surface area contributed by atoms with Crippen LogP contribution in [0.4, 0.5) is 5.82 Å². The predicted octanol–water partition coefficient (Wildman–Crippen LogP) is 3.02. The van der Waals surface area contributed by atoms with Crippen LogP contribution in [-0.2, 0) is 0 Å². The van der Waals surface area contributed by atoms with E-state index in [9.17, 15) is 0 Å². The third kappa shape index (κ3) is 2.26. The highest BCUT2D eigenvalue weighted by atomic mass is 35.5. The van der Waals surface area contributed by atoms with Crippen molar-refractivity contribution < 1.29 is 0 Å². The van der Waals surface area contributed by atoms with Gasteiger partial charge in [0.05, 0.1) is 9.21 Å². The maximum absolute atomic E-state index is 5.92. The molecule has 0 amide bonds. The van der Waals surface area contributed by atoms with Crippen molar-refractivity contribution in [1.82, 2.24) is 9.97 Å². The zero-order chi connectivity index (χ0) is 11.8. The molecule has 3 N–H and O–H groups in total. The van der Waals surface area contributed by atoms with E-state index in [-0.39, 0.29) is 0 Å². The molecular weight excluding hydrogens is 256 g/mol. The summed E-state index contributed by atoms with van der Waals surface area (Å²) >= 11 is 7.39. The van der Waals surface area contributed by atoms with Crippen molar-refractivity contribution in [3.05, 3.63) is 28.2 Å². The SMILES string of the molecule is NNc1cc(C2CC2)nc(-c2ccc(Cl)s2)n1. The van der Waals surface area contributed by atoms with Gasteiger partial charge in [-0.25, -0.2) is 15.8 Å². The normalized spacial score (nSPS) is 14.9. The molecule has 4 nitrogen and oxygen atoms in total. The number of hydrazine groups is 1. The molecule has 17 heavy (non-hydrogen) atoms. The lowest BCUT2D eigenvalue weighted by Crippen LogP contribution is -2.10. The zero-order valence-electron chi connectivity index (χ0n) is 8.98. The number of anilines is 1. The molecule has 1 saturated carbocycles. The molecule has 0 aliphatic heterocycles. The summed E-state index contributed by atoms with van der Waals surface area (Å²) in [7, 11) is 0. The second kappa shape index (κ2) is 4.25. The zero-order valence-corrected chi connectivity index (χ0v) is 10.6. The average Bonchev–Trinajstić information content (AvgIpc) is 3.11. The molecular formula is C11H11ClN4S. The summed E-state index contributed by atoms with van der Waals surface area (Å²) in [6, 6.07) is 5.69. The molecule has 1 fully saturated rings. The van der Waals surface area contributed by atoms with Gasteiger partial charge in [0.15, 0.2) is 5.82 Å². The maximum Gasteiger partial charge on any atom is 0.171 e. The molecule has 1 aliphatic rings. The lowest BCUT2D eigenvalue weighted by molar-refractivity contribution is 0.993. The monoisotopic (exact) mass is 266 g/mol. The highest BCUT2D eigenvalue weighted by molar-refractivity contribution is 7.19. The van der Waals surface area contributed by atoms with Crippen LogP contribution in [0.15, 0.2) is 18.2 Å². The van der Waals surface area contributed by atoms with Crippen LogP contribution in [0.5, 0.6) is 0 Å². The van der Waals surface area contributed by atoms with Crippen LogP contribution in [0.2, 0.25) is 4.34 Å². The van der Waals surface area contributed by atoms with E-state index < -0.39 is 0 Å². The van der Waals surface area contributed by atoms with Gasteiger partial charge in [-0.15, -0.1) is 11.3 Å². The number of nitrogens with two attached hydrogens (primary N) is 1. The number of aromatic nitrogens is 2. The highest BCUT2D eigenvalue weighted by Crippen LogP contribution is 2.40. The largest absolute Gasteiger partial charge is 0.308 e. The topological polar surface area (TPSA) is 63.8 Å². The van der Waals surface area contributed by atoms with Gasteiger partial charge in [-0.3, -0.25) is 0 Å². The van der Waals surface area contributed by atoms with Crippen LogP contribution >= 0.6 is 22.9 Å². The van der Waals surface area contributed by atoms with Crippen molar-refractivity contribution in [3.8, 4) is 10.7 Å². The number of nitrogen functional groups attached to an aromatic ring is 1. The van der Waals surface area contributed by atoms with Gasteiger partial charge in [0.25, 0.3) is 0 Å². The number of rotatable bonds is 3. The summed E-state index contributed by atoms with van der Waals surface area (Å²) in [5.41, 5.74) is 3.65. The first-order valence-electron chi connectivity index (χ1n) is 5.37. The van der Waals surface area contributed by atoms with Crippen molar-refractivity contribution >= 4 is 28.8 Å². The molecule has 88 valence electrons. The Hall–Kier alpha value is -1.17. The molecule has 6 heteroatoms. The van der Waals surface area contributed by atoms with Gasteiger partial charge in [-0.2, -0.15) is 0 Å². The number of hydrogen-bond donors (Lipinski definition) is 2. The second-order valence-electron chi connectivity index (χ2n) is 4.02. The van der Waals surface area contributed by atoms with Gasteiger partial charge in [0.1, 0.15) is 5.82 Å². The molecule has 2 heterocycles. The quantitative estimate of drug-likeness (QED) is 0.662. The summed E-state index contributed by atoms with van der Waals surface area (Å²) in [5, 5.41) is 0. The van der Waals surface area contributed by atoms with Crippen LogP contribution in [0.1, 0.15) is 24.5 Å². The Morgan fingerprint density at radius 1 is 1.35 bits per heavy atom. The van der Waals surface area contributed by atoms with E-state index in [1.807, 2.05) is 18.2 Å². The fourth-order valence-corrected chi connectivity index (χ4v) is 2.65. The van der Waals surface area contributed by atoms with Gasteiger partial charge < -0.3 is 5.43 Å². The van der Waals surface area contributed by atoms with Gasteiger partial charge in [-0.1, -0.05) is 11.6 Å². The first-order chi connectivity index (χ1) is 8.26. The summed E-state index contributed by atoms with van der Waals surface area (Å²) in [6.45, 7) is 0. The Morgan fingerprint density at radius 3 is 2.76 bits per heavy atom. The highest BCUT2D eigenvalue weighted by Gasteiger charge is 2.26. The molecule has 0 spiro atoms. The van der Waals surface area contributed by atoms with Crippen molar-refractivity contribution in [2.45, 2.75) is 18.8 Å². The fraction of sp³-hybridized carbons (Fsp3) is 0.273. The molecule has 0 saturated heterocycles. The third-order valence-corrected chi connectivity index (χ3v) is 3.91. The third-order valence-electron chi connectivity index (χ3n) is 2.68. The lowest BCUT2D eigenvalue weighted by Gasteiger charge is -2.05. The minimum Gasteiger partial charge on any atom is -0.308 e. The van der Waals surface area contributed by atoms with E-state index in [4.69, 9.17) is 17.4 Å². The van der Waals surface area contributed by atoms with Gasteiger partial charge in [-0.05, 0) is 25.0 Å². The Labute approximate surface area is 108 Å². The first kappa shape index (κ1) is 11.0. The molecule has 0 unspecified atom stereocenters. The second-order valence-corrected chi connectivity index (χ2v) is 5.74. The summed E-state index contributed by atoms with van der Waals surface area (Å²) in [4.78, 5) is 9.89. The Bertz CT molecular complexity index is 550. The van der Waals surface area contributed by atoms with E-state index in [1.165, 1.54) is 24.2 Å². The fourth-order valence-electron chi connectivity index (χ4n) is 1.67. The van der Waals surface area contributed by atoms with Crippen LogP contribution in [-0.4, -0.2) is 9.97 Å². The van der Waals surface area contributed by atoms with Gasteiger partial charge in [0.2, 0.25) is 0 Å². The number of nitrogens with one attached hydrogen (secondary N) is 1. The molecule has 0 radical (unpaired) electrons. The van der Waals surface area contributed by atoms with E-state index >= 15 is 0 Å². The molecule has 1 aliphatic carbocycles. The number of nitrogens with zero attached hydrogens (tertiary/aromatic N) is 2. The van der Waals surface area contributed by atoms with Gasteiger partial charge >= 0.3 is 0 Å². The van der Waals surface area contributed by atoms with Crippen molar-refractivity contribution in [2.75, 3.05) is 5.43 Å². The standard InChI is InChI=1S/C11H11ClN4S/c12-9-4-3-8(17-9)11-14-7(6-1-2-6)5-10(15-11)16-13/h3-6H,1-2,13H2,(H,14,15,16). The van der Waals surface area contributed by atoms with Crippen molar-refractivity contribution in [2.24, 2.45) is 5.84 Å². The minimum absolute atomic E-state index is 0.569. The molecule has 0 atom stereocenters. The average molecular weight is 267 g/mol. The van der Waals surface area contributed by atoms with Crippen molar-refractivity contribution in [1.29, 1.82) is 0 Å². The number of thiophene rings is 1. The van der Waals surface area contributed by atoms with Gasteiger partial charge in [0, 0.05) is 17.7 Å². The maximum atomic E-state index is 5.92. The Morgan fingerprint density at radius 2 is 2.18 bits per heavy atom. The van der Waals surface area contributed by atoms with E-state index in [1.54, 1.807) is 0 Å². The first-order valence-corrected chi connectivity index (χ1v) is 6.57. The van der Waals surface area contributed by atoms with Crippen LogP contribution in [0.25, 0.3) is 10.7 Å². The van der Waals surface area contributed by atoms with E-state index in [0.29, 0.717) is 17.6 Å². The number of hydrogen-bond acceptors (Lipinski definition) is 5. The lowest BCUT2D eigenvalue weighted by atomic mass is 10.2. The van der Waals surface area contributed by atoms with Crippen LogP contribution < -0.4 is 11.3 Å². The Balaban J connectivity index is 2.05. The predicted molar refractivity (Wildman–Crippen MR) is 70.1 cm³/mol. The molecule has 0 bridgehead atoms. The van der Waals surface area contributed by atoms with Crippen molar-refractivity contribution in [3.63, 3.8) is 0 Å². The molecule has 2 aromatic heterocycles. The van der Waals surface area contributed by atoms with Crippen LogP contribution in [0, 0.1) is 0 Å². The van der Waals surface area contributed by atoms with E-state index in [0.717, 1.165) is 14.9 Å². The smallest absolute Gasteiger partial charge is 0.171 e. The summed E-state index contributed by atoms with van der Waals surface area (Å²) < 4.78 is 0.739. The summed E-state index contributed by atoms with van der Waals surface area (Å²) in [5.74, 6) is 7.35. The van der Waals surface area contributed by atoms with Crippen LogP contribution in [0.3, 0.4) is 0 Å². The molecule has 2 aromatic rings. The van der Waals surface area contributed by atoms with E-state index in [2.05, 4.69) is 15.4 Å². The molecule has 3 rings (SSSR count). The summed E-state index contributed by atoms with van der Waals surface area (Å²) in [6.07, 6.45) is 2.40. The minimum atomic E-state index is 0.569. The Kier molecular flexibility index (Phi) is 2.74. The molecule has 0 aromatic carbocycles.